The van der Waals surface area contributed by atoms with Gasteiger partial charge in [0.2, 0.25) is 0 Å². The van der Waals surface area contributed by atoms with Crippen molar-refractivity contribution in [3.05, 3.63) is 52.0 Å². The van der Waals surface area contributed by atoms with E-state index in [0.29, 0.717) is 16.3 Å². The molecule has 0 heterocycles. The van der Waals surface area contributed by atoms with Gasteiger partial charge in [-0.15, -0.1) is 0 Å². The minimum Gasteiger partial charge on any atom is -0.481 e. The largest absolute Gasteiger partial charge is 0.481 e. The number of halogens is 2. The molecular weight excluding hydrogens is 375 g/mol. The summed E-state index contributed by atoms with van der Waals surface area (Å²) in [5.74, 6) is -0.464. The topological polar surface area (TPSA) is 80.7 Å². The zero-order valence-electron chi connectivity index (χ0n) is 12.6. The molecule has 0 aliphatic heterocycles. The van der Waals surface area contributed by atoms with E-state index in [1.54, 1.807) is 6.92 Å². The zero-order valence-corrected chi connectivity index (χ0v) is 15.0. The van der Waals surface area contributed by atoms with E-state index in [4.69, 9.17) is 33.0 Å². The number of rotatable bonds is 6. The summed E-state index contributed by atoms with van der Waals surface area (Å²) in [6.07, 6.45) is -0.196. The second kappa shape index (κ2) is 7.42. The van der Waals surface area contributed by atoms with Crippen LogP contribution in [0.2, 0.25) is 10.0 Å². The minimum atomic E-state index is -3.36. The zero-order chi connectivity index (χ0) is 17.9. The molecule has 2 rings (SSSR count). The Hall–Kier alpha value is -1.76. The van der Waals surface area contributed by atoms with E-state index in [0.717, 1.165) is 0 Å². The Morgan fingerprint density at radius 3 is 2.46 bits per heavy atom. The third-order valence-electron chi connectivity index (χ3n) is 3.16. The van der Waals surface area contributed by atoms with Crippen LogP contribution in [0, 0.1) is 0 Å². The van der Waals surface area contributed by atoms with Crippen LogP contribution in [0.4, 0.5) is 0 Å². The molecule has 0 saturated carbocycles. The Morgan fingerprint density at radius 2 is 1.88 bits per heavy atom. The van der Waals surface area contributed by atoms with Crippen molar-refractivity contribution >= 4 is 39.0 Å². The Balaban J connectivity index is 2.32. The Morgan fingerprint density at radius 1 is 1.17 bits per heavy atom. The number of carboxylic acid groups (broad SMARTS) is 1. The van der Waals surface area contributed by atoms with Crippen molar-refractivity contribution in [1.82, 2.24) is 0 Å². The minimum absolute atomic E-state index is 0.0314. The maximum Gasteiger partial charge on any atom is 0.307 e. The van der Waals surface area contributed by atoms with Crippen molar-refractivity contribution < 1.29 is 23.1 Å². The third kappa shape index (κ3) is 4.63. The molecule has 0 bridgehead atoms. The third-order valence-corrected chi connectivity index (χ3v) is 5.40. The fourth-order valence-corrected chi connectivity index (χ4v) is 3.45. The van der Waals surface area contributed by atoms with Gasteiger partial charge in [-0.05, 0) is 42.0 Å². The molecule has 24 heavy (non-hydrogen) atoms. The smallest absolute Gasteiger partial charge is 0.307 e. The lowest BCUT2D eigenvalue weighted by Crippen LogP contribution is -2.03. The van der Waals surface area contributed by atoms with Crippen LogP contribution in [0.15, 0.2) is 41.3 Å². The first kappa shape index (κ1) is 18.6. The van der Waals surface area contributed by atoms with Crippen molar-refractivity contribution in [1.29, 1.82) is 0 Å². The molecule has 2 aromatic carbocycles. The molecule has 0 spiro atoms. The maximum atomic E-state index is 11.8. The molecule has 0 fully saturated rings. The molecule has 5 nitrogen and oxygen atoms in total. The molecule has 0 unspecified atom stereocenters. The summed E-state index contributed by atoms with van der Waals surface area (Å²) in [5.41, 5.74) is 0.478. The number of carbonyl (C=O) groups is 1. The van der Waals surface area contributed by atoms with E-state index in [2.05, 4.69) is 0 Å². The van der Waals surface area contributed by atoms with Crippen LogP contribution >= 0.6 is 23.2 Å². The summed E-state index contributed by atoms with van der Waals surface area (Å²) in [4.78, 5) is 10.9. The number of benzene rings is 2. The molecule has 0 aliphatic carbocycles. The normalized spacial score (nSPS) is 11.3. The summed E-state index contributed by atoms with van der Waals surface area (Å²) < 4.78 is 29.3. The van der Waals surface area contributed by atoms with Crippen LogP contribution in [-0.4, -0.2) is 25.2 Å². The van der Waals surface area contributed by atoms with Gasteiger partial charge in [-0.2, -0.15) is 0 Å². The highest BCUT2D eigenvalue weighted by atomic mass is 35.5. The van der Waals surface area contributed by atoms with Crippen LogP contribution in [-0.2, 0) is 21.1 Å². The molecule has 0 aliphatic rings. The second-order valence-corrected chi connectivity index (χ2v) is 8.09. The Bertz CT molecular complexity index is 878. The summed E-state index contributed by atoms with van der Waals surface area (Å²) >= 11 is 12.0. The molecule has 0 aromatic heterocycles. The SMILES string of the molecule is CCS(=O)(=O)c1ccc(Oc2cc(Cl)cc(CC(=O)O)c2)c(Cl)c1. The highest BCUT2D eigenvalue weighted by Crippen LogP contribution is 2.33. The predicted molar refractivity (Wildman–Crippen MR) is 92.0 cm³/mol. The van der Waals surface area contributed by atoms with Crippen LogP contribution < -0.4 is 4.74 Å². The van der Waals surface area contributed by atoms with Crippen molar-refractivity contribution in [2.45, 2.75) is 18.2 Å². The number of hydrogen-bond donors (Lipinski definition) is 1. The number of hydrogen-bond acceptors (Lipinski definition) is 4. The van der Waals surface area contributed by atoms with E-state index in [1.165, 1.54) is 36.4 Å². The molecular formula is C16H14Cl2O5S. The molecule has 0 radical (unpaired) electrons. The Kier molecular flexibility index (Phi) is 5.74. The highest BCUT2D eigenvalue weighted by Gasteiger charge is 2.15. The summed E-state index contributed by atoms with van der Waals surface area (Å²) in [5, 5.41) is 9.30. The molecule has 128 valence electrons. The van der Waals surface area contributed by atoms with Crippen molar-refractivity contribution in [3.63, 3.8) is 0 Å². The molecule has 2 aromatic rings. The van der Waals surface area contributed by atoms with Gasteiger partial charge < -0.3 is 9.84 Å². The average molecular weight is 389 g/mol. The number of aliphatic carboxylic acids is 1. The number of ether oxygens (including phenoxy) is 1. The first-order valence-electron chi connectivity index (χ1n) is 6.92. The van der Waals surface area contributed by atoms with Crippen molar-refractivity contribution in [2.75, 3.05) is 5.75 Å². The monoisotopic (exact) mass is 388 g/mol. The summed E-state index contributed by atoms with van der Waals surface area (Å²) in [6.45, 7) is 1.55. The maximum absolute atomic E-state index is 11.8. The average Bonchev–Trinajstić information content (AvgIpc) is 2.48. The second-order valence-electron chi connectivity index (χ2n) is 4.96. The van der Waals surface area contributed by atoms with E-state index in [1.807, 2.05) is 0 Å². The molecule has 0 atom stereocenters. The van der Waals surface area contributed by atoms with Gasteiger partial charge in [0.1, 0.15) is 11.5 Å². The molecule has 1 N–H and O–H groups in total. The lowest BCUT2D eigenvalue weighted by atomic mass is 10.1. The van der Waals surface area contributed by atoms with E-state index in [9.17, 15) is 13.2 Å². The lowest BCUT2D eigenvalue weighted by Gasteiger charge is -2.11. The first-order chi connectivity index (χ1) is 11.2. The molecule has 8 heteroatoms. The number of sulfone groups is 1. The van der Waals surface area contributed by atoms with Gasteiger partial charge in [0.05, 0.1) is 22.1 Å². The summed E-state index contributed by atoms with van der Waals surface area (Å²) in [6, 6.07) is 8.75. The van der Waals surface area contributed by atoms with E-state index < -0.39 is 15.8 Å². The fraction of sp³-hybridized carbons (Fsp3) is 0.188. The van der Waals surface area contributed by atoms with Gasteiger partial charge in [0.25, 0.3) is 0 Å². The van der Waals surface area contributed by atoms with Crippen LogP contribution in [0.1, 0.15) is 12.5 Å². The fourth-order valence-electron chi connectivity index (χ4n) is 2.01. The summed E-state index contributed by atoms with van der Waals surface area (Å²) in [7, 11) is -3.36. The molecule has 0 saturated heterocycles. The highest BCUT2D eigenvalue weighted by molar-refractivity contribution is 7.91. The lowest BCUT2D eigenvalue weighted by molar-refractivity contribution is -0.136. The van der Waals surface area contributed by atoms with Gasteiger partial charge in [0, 0.05) is 5.02 Å². The van der Waals surface area contributed by atoms with Crippen molar-refractivity contribution in [3.8, 4) is 11.5 Å². The first-order valence-corrected chi connectivity index (χ1v) is 9.33. The van der Waals surface area contributed by atoms with Gasteiger partial charge >= 0.3 is 5.97 Å². The molecule has 0 amide bonds. The van der Waals surface area contributed by atoms with Crippen molar-refractivity contribution in [2.24, 2.45) is 0 Å². The van der Waals surface area contributed by atoms with E-state index >= 15 is 0 Å². The quantitative estimate of drug-likeness (QED) is 0.801. The van der Waals surface area contributed by atoms with Gasteiger partial charge in [-0.25, -0.2) is 8.42 Å². The van der Waals surface area contributed by atoms with E-state index in [-0.39, 0.29) is 27.8 Å². The predicted octanol–water partition coefficient (Wildman–Crippen LogP) is 4.21. The Labute approximate surface area is 149 Å². The van der Waals surface area contributed by atoms with Gasteiger partial charge in [0.15, 0.2) is 9.84 Å². The van der Waals surface area contributed by atoms with Crippen LogP contribution in [0.5, 0.6) is 11.5 Å². The number of carboxylic acids is 1. The van der Waals surface area contributed by atoms with Crippen LogP contribution in [0.25, 0.3) is 0 Å². The van der Waals surface area contributed by atoms with Gasteiger partial charge in [-0.3, -0.25) is 4.79 Å². The van der Waals surface area contributed by atoms with Crippen LogP contribution in [0.3, 0.4) is 0 Å². The standard InChI is InChI=1S/C16H14Cl2O5S/c1-2-24(21,22)13-3-4-15(14(18)9-13)23-12-6-10(7-16(19)20)5-11(17)8-12/h3-6,8-9H,2,7H2,1H3,(H,19,20). The van der Waals surface area contributed by atoms with Gasteiger partial charge in [-0.1, -0.05) is 30.1 Å².